The van der Waals surface area contributed by atoms with Gasteiger partial charge < -0.3 is 14.5 Å². The van der Waals surface area contributed by atoms with Gasteiger partial charge in [0.25, 0.3) is 5.56 Å². The van der Waals surface area contributed by atoms with E-state index in [0.717, 1.165) is 3.79 Å². The second kappa shape index (κ2) is 5.49. The van der Waals surface area contributed by atoms with E-state index in [0.29, 0.717) is 10.2 Å². The van der Waals surface area contributed by atoms with Crippen molar-refractivity contribution in [3.8, 4) is 5.75 Å². The molecule has 0 spiro atoms. The van der Waals surface area contributed by atoms with Gasteiger partial charge in [-0.1, -0.05) is 0 Å². The van der Waals surface area contributed by atoms with Crippen LogP contribution >= 0.6 is 27.3 Å². The van der Waals surface area contributed by atoms with Crippen LogP contribution in [0.5, 0.6) is 5.75 Å². The number of aryl methyl sites for hydroxylation is 1. The molecule has 2 rings (SSSR count). The van der Waals surface area contributed by atoms with Crippen LogP contribution in [0.15, 0.2) is 14.6 Å². The van der Waals surface area contributed by atoms with E-state index in [9.17, 15) is 19.5 Å². The van der Waals surface area contributed by atoms with Crippen molar-refractivity contribution < 1.29 is 14.7 Å². The summed E-state index contributed by atoms with van der Waals surface area (Å²) in [6, 6.07) is 1.71. The Bertz CT molecular complexity index is 775. The van der Waals surface area contributed by atoms with E-state index >= 15 is 0 Å². The summed E-state index contributed by atoms with van der Waals surface area (Å²) in [4.78, 5) is 35.2. The van der Waals surface area contributed by atoms with Crippen molar-refractivity contribution in [1.29, 1.82) is 0 Å². The SMILES string of the molecule is CC(=O)CCC(=O)c1c(O)c2sc(Br)cc2n(C)c1=O. The molecule has 1 N–H and O–H groups in total. The molecule has 0 aliphatic carbocycles. The number of ketones is 2. The fraction of sp³-hybridized carbons (Fsp3) is 0.308. The fourth-order valence-electron chi connectivity index (χ4n) is 1.93. The Kier molecular flexibility index (Phi) is 4.10. The maximum atomic E-state index is 12.2. The summed E-state index contributed by atoms with van der Waals surface area (Å²) in [6.45, 7) is 1.38. The third-order valence-corrected chi connectivity index (χ3v) is 4.63. The van der Waals surface area contributed by atoms with E-state index in [1.165, 1.54) is 22.8 Å². The number of thiophene rings is 1. The van der Waals surface area contributed by atoms with Gasteiger partial charge in [-0.25, -0.2) is 0 Å². The van der Waals surface area contributed by atoms with Crippen LogP contribution in [0.4, 0.5) is 0 Å². The molecule has 0 amide bonds. The van der Waals surface area contributed by atoms with Crippen LogP contribution in [0.1, 0.15) is 30.1 Å². The summed E-state index contributed by atoms with van der Waals surface area (Å²) < 4.78 is 2.56. The molecule has 0 atom stereocenters. The minimum absolute atomic E-state index is 0.0631. The summed E-state index contributed by atoms with van der Waals surface area (Å²) in [6.07, 6.45) is -0.0101. The standard InChI is InChI=1S/C13H12BrNO4S/c1-6(16)3-4-8(17)10-11(18)12-7(5-9(14)20-12)15(2)13(10)19/h5,18H,3-4H2,1-2H3. The third kappa shape index (κ3) is 2.55. The number of halogens is 1. The molecule has 2 heterocycles. The number of nitrogens with zero attached hydrogens (tertiary/aromatic N) is 1. The molecular weight excluding hydrogens is 346 g/mol. The average molecular weight is 358 g/mol. The van der Waals surface area contributed by atoms with E-state index in [1.54, 1.807) is 13.1 Å². The summed E-state index contributed by atoms with van der Waals surface area (Å²) in [5.41, 5.74) is -0.225. The van der Waals surface area contributed by atoms with Crippen molar-refractivity contribution in [3.63, 3.8) is 0 Å². The number of hydrogen-bond acceptors (Lipinski definition) is 5. The maximum absolute atomic E-state index is 12.2. The lowest BCUT2D eigenvalue weighted by Crippen LogP contribution is -2.24. The van der Waals surface area contributed by atoms with Gasteiger partial charge in [-0.2, -0.15) is 0 Å². The largest absolute Gasteiger partial charge is 0.505 e. The topological polar surface area (TPSA) is 76.4 Å². The quantitative estimate of drug-likeness (QED) is 0.853. The Morgan fingerprint density at radius 2 is 2.05 bits per heavy atom. The number of fused-ring (bicyclic) bond motifs is 1. The minimum Gasteiger partial charge on any atom is -0.505 e. The predicted molar refractivity (Wildman–Crippen MR) is 80.7 cm³/mol. The van der Waals surface area contributed by atoms with Gasteiger partial charge in [0.1, 0.15) is 11.3 Å². The van der Waals surface area contributed by atoms with Gasteiger partial charge in [0.2, 0.25) is 0 Å². The maximum Gasteiger partial charge on any atom is 0.265 e. The molecule has 0 aliphatic heterocycles. The molecular formula is C13H12BrNO4S. The zero-order chi connectivity index (χ0) is 15.0. The Balaban J connectivity index is 2.61. The molecule has 0 radical (unpaired) electrons. The molecule has 106 valence electrons. The van der Waals surface area contributed by atoms with Crippen molar-refractivity contribution in [2.75, 3.05) is 0 Å². The lowest BCUT2D eigenvalue weighted by Gasteiger charge is -2.07. The average Bonchev–Trinajstić information content (AvgIpc) is 2.76. The normalized spacial score (nSPS) is 10.9. The number of rotatable bonds is 4. The molecule has 0 saturated heterocycles. The third-order valence-electron chi connectivity index (χ3n) is 3.00. The van der Waals surface area contributed by atoms with Crippen molar-refractivity contribution in [2.24, 2.45) is 7.05 Å². The zero-order valence-electron chi connectivity index (χ0n) is 10.9. The number of hydrogen-bond donors (Lipinski definition) is 1. The van der Waals surface area contributed by atoms with Crippen LogP contribution in [-0.2, 0) is 11.8 Å². The van der Waals surface area contributed by atoms with E-state index in [-0.39, 0.29) is 29.9 Å². The molecule has 0 saturated carbocycles. The second-order valence-electron chi connectivity index (χ2n) is 4.48. The smallest absolute Gasteiger partial charge is 0.265 e. The minimum atomic E-state index is -0.547. The Labute approximate surface area is 127 Å². The van der Waals surface area contributed by atoms with Gasteiger partial charge in [0, 0.05) is 19.9 Å². The van der Waals surface area contributed by atoms with Gasteiger partial charge in [0.15, 0.2) is 11.5 Å². The van der Waals surface area contributed by atoms with Crippen molar-refractivity contribution in [1.82, 2.24) is 4.57 Å². The molecule has 0 aromatic carbocycles. The molecule has 0 fully saturated rings. The molecule has 7 heteroatoms. The van der Waals surface area contributed by atoms with Crippen molar-refractivity contribution >= 4 is 49.0 Å². The van der Waals surface area contributed by atoms with E-state index < -0.39 is 11.3 Å². The molecule has 20 heavy (non-hydrogen) atoms. The molecule has 2 aromatic rings. The van der Waals surface area contributed by atoms with Crippen LogP contribution in [0.2, 0.25) is 0 Å². The molecule has 0 unspecified atom stereocenters. The summed E-state index contributed by atoms with van der Waals surface area (Å²) in [5, 5.41) is 10.2. The number of aromatic nitrogens is 1. The molecule has 5 nitrogen and oxygen atoms in total. The highest BCUT2D eigenvalue weighted by atomic mass is 79.9. The van der Waals surface area contributed by atoms with Crippen LogP contribution in [0.3, 0.4) is 0 Å². The monoisotopic (exact) mass is 357 g/mol. The number of pyridine rings is 1. The van der Waals surface area contributed by atoms with Gasteiger partial charge in [-0.05, 0) is 28.9 Å². The van der Waals surface area contributed by atoms with Crippen LogP contribution in [-0.4, -0.2) is 21.2 Å². The van der Waals surface area contributed by atoms with Crippen LogP contribution in [0.25, 0.3) is 10.2 Å². The van der Waals surface area contributed by atoms with Gasteiger partial charge >= 0.3 is 0 Å². The summed E-state index contributed by atoms with van der Waals surface area (Å²) in [5.74, 6) is -0.938. The van der Waals surface area contributed by atoms with Crippen LogP contribution in [0, 0.1) is 0 Å². The highest BCUT2D eigenvalue weighted by molar-refractivity contribution is 9.11. The Morgan fingerprint density at radius 3 is 2.65 bits per heavy atom. The van der Waals surface area contributed by atoms with Crippen LogP contribution < -0.4 is 5.56 Å². The first kappa shape index (κ1) is 14.9. The number of Topliss-reactive ketones (excluding diaryl/α,β-unsaturated/α-hetero) is 2. The first-order chi connectivity index (χ1) is 9.32. The molecule has 2 aromatic heterocycles. The van der Waals surface area contributed by atoms with Gasteiger partial charge in [-0.15, -0.1) is 11.3 Å². The fourth-order valence-corrected chi connectivity index (χ4v) is 3.50. The summed E-state index contributed by atoms with van der Waals surface area (Å²) >= 11 is 4.54. The van der Waals surface area contributed by atoms with E-state index in [1.807, 2.05) is 0 Å². The highest BCUT2D eigenvalue weighted by Crippen LogP contribution is 2.36. The first-order valence-corrected chi connectivity index (χ1v) is 7.47. The number of carbonyl (C=O) groups excluding carboxylic acids is 2. The Hall–Kier alpha value is -1.47. The van der Waals surface area contributed by atoms with Crippen molar-refractivity contribution in [2.45, 2.75) is 19.8 Å². The van der Waals surface area contributed by atoms with E-state index in [2.05, 4.69) is 15.9 Å². The lowest BCUT2D eigenvalue weighted by molar-refractivity contribution is -0.116. The van der Waals surface area contributed by atoms with Gasteiger partial charge in [0.05, 0.1) is 14.0 Å². The Morgan fingerprint density at radius 1 is 1.40 bits per heavy atom. The second-order valence-corrected chi connectivity index (χ2v) is 6.91. The summed E-state index contributed by atoms with van der Waals surface area (Å²) in [7, 11) is 1.55. The van der Waals surface area contributed by atoms with E-state index in [4.69, 9.17) is 0 Å². The molecule has 0 aliphatic rings. The lowest BCUT2D eigenvalue weighted by atomic mass is 10.1. The van der Waals surface area contributed by atoms with Gasteiger partial charge in [-0.3, -0.25) is 9.59 Å². The molecule has 0 bridgehead atoms. The first-order valence-electron chi connectivity index (χ1n) is 5.86. The number of carbonyl (C=O) groups is 2. The highest BCUT2D eigenvalue weighted by Gasteiger charge is 2.22. The zero-order valence-corrected chi connectivity index (χ0v) is 13.3. The predicted octanol–water partition coefficient (Wildman–Crippen LogP) is 2.62. The van der Waals surface area contributed by atoms with Crippen molar-refractivity contribution in [3.05, 3.63) is 25.8 Å². The number of aromatic hydroxyl groups is 1.